The van der Waals surface area contributed by atoms with Crippen LogP contribution < -0.4 is 0 Å². The highest BCUT2D eigenvalue weighted by Gasteiger charge is 2.71. The summed E-state index contributed by atoms with van der Waals surface area (Å²) in [7, 11) is 0. The van der Waals surface area contributed by atoms with Gasteiger partial charge in [-0.1, -0.05) is 13.8 Å². The van der Waals surface area contributed by atoms with E-state index in [4.69, 9.17) is 9.84 Å². The number of rotatable bonds is 3. The van der Waals surface area contributed by atoms with Gasteiger partial charge in [-0.15, -0.1) is 0 Å². The molecule has 4 aliphatic rings. The molecule has 0 spiro atoms. The zero-order chi connectivity index (χ0) is 21.9. The summed E-state index contributed by atoms with van der Waals surface area (Å²) in [6, 6.07) is 0. The Morgan fingerprint density at radius 2 is 1.70 bits per heavy atom. The Morgan fingerprint density at radius 1 is 0.967 bits per heavy atom. The molecule has 0 heterocycles. The van der Waals surface area contributed by atoms with Crippen LogP contribution >= 0.6 is 0 Å². The standard InChI is InChI=1S/C24H36O6/c1-15(25)30-17-6-9-21(2)16(14-17)4-5-19-18(21)7-10-22(3)23(28,11-8-20(26)27)12-13-24(19,22)29/h8,11,16-19,28-29H,4-7,9-10,12-14H2,1-3H3,(H,26,27)/b11-8+/t16?,17?,18-,19+,21-,22+,23+,24+/m0/s1. The summed E-state index contributed by atoms with van der Waals surface area (Å²) in [4.78, 5) is 22.5. The largest absolute Gasteiger partial charge is 0.478 e. The van der Waals surface area contributed by atoms with Crippen molar-refractivity contribution in [2.24, 2.45) is 28.6 Å². The molecule has 0 bridgehead atoms. The van der Waals surface area contributed by atoms with Crippen molar-refractivity contribution in [2.45, 2.75) is 95.9 Å². The molecule has 3 N–H and O–H groups in total. The third-order valence-electron chi connectivity index (χ3n) is 9.85. The van der Waals surface area contributed by atoms with Gasteiger partial charge in [-0.3, -0.25) is 4.79 Å². The van der Waals surface area contributed by atoms with Gasteiger partial charge >= 0.3 is 11.9 Å². The number of aliphatic carboxylic acids is 1. The molecule has 0 aromatic rings. The van der Waals surface area contributed by atoms with Crippen LogP contribution in [0.4, 0.5) is 0 Å². The number of carbonyl (C=O) groups excluding carboxylic acids is 1. The topological polar surface area (TPSA) is 104 Å². The number of aliphatic hydroxyl groups is 2. The molecule has 0 amide bonds. The fourth-order valence-electron chi connectivity index (χ4n) is 8.06. The fourth-order valence-corrected chi connectivity index (χ4v) is 8.06. The van der Waals surface area contributed by atoms with E-state index in [1.807, 2.05) is 6.92 Å². The Kier molecular flexibility index (Phi) is 5.13. The molecule has 4 fully saturated rings. The second-order valence-electron chi connectivity index (χ2n) is 10.9. The van der Waals surface area contributed by atoms with Crippen LogP contribution in [0.2, 0.25) is 0 Å². The van der Waals surface area contributed by atoms with Crippen molar-refractivity contribution in [1.29, 1.82) is 0 Å². The highest BCUT2D eigenvalue weighted by atomic mass is 16.5. The lowest BCUT2D eigenvalue weighted by molar-refractivity contribution is -0.228. The molecule has 2 unspecified atom stereocenters. The van der Waals surface area contributed by atoms with Crippen LogP contribution in [-0.2, 0) is 14.3 Å². The van der Waals surface area contributed by atoms with Crippen LogP contribution in [0.25, 0.3) is 0 Å². The van der Waals surface area contributed by atoms with Gasteiger partial charge in [-0.25, -0.2) is 4.79 Å². The molecular formula is C24H36O6. The lowest BCUT2D eigenvalue weighted by atomic mass is 9.43. The van der Waals surface area contributed by atoms with E-state index in [1.54, 1.807) is 0 Å². The third kappa shape index (κ3) is 2.97. The zero-order valence-corrected chi connectivity index (χ0v) is 18.4. The van der Waals surface area contributed by atoms with E-state index < -0.39 is 22.6 Å². The van der Waals surface area contributed by atoms with Crippen LogP contribution in [0.5, 0.6) is 0 Å². The summed E-state index contributed by atoms with van der Waals surface area (Å²) in [5, 5.41) is 32.5. The van der Waals surface area contributed by atoms with E-state index in [2.05, 4.69) is 6.92 Å². The van der Waals surface area contributed by atoms with Crippen LogP contribution in [0, 0.1) is 28.6 Å². The summed E-state index contributed by atoms with van der Waals surface area (Å²) in [6.45, 7) is 5.78. The second-order valence-corrected chi connectivity index (χ2v) is 10.9. The maximum Gasteiger partial charge on any atom is 0.328 e. The molecule has 8 atom stereocenters. The predicted molar refractivity (Wildman–Crippen MR) is 110 cm³/mol. The van der Waals surface area contributed by atoms with E-state index in [0.29, 0.717) is 31.1 Å². The first-order chi connectivity index (χ1) is 14.0. The first kappa shape index (κ1) is 21.8. The molecule has 0 aromatic carbocycles. The summed E-state index contributed by atoms with van der Waals surface area (Å²) in [5.74, 6) is -0.321. The minimum atomic E-state index is -1.30. The first-order valence-corrected chi connectivity index (χ1v) is 11.5. The number of esters is 1. The van der Waals surface area contributed by atoms with Crippen molar-refractivity contribution < 1.29 is 29.6 Å². The Balaban J connectivity index is 1.60. The number of fused-ring (bicyclic) bond motifs is 5. The molecule has 6 nitrogen and oxygen atoms in total. The van der Waals surface area contributed by atoms with Gasteiger partial charge in [-0.2, -0.15) is 0 Å². The maximum absolute atomic E-state index is 12.0. The van der Waals surface area contributed by atoms with Crippen molar-refractivity contribution in [3.8, 4) is 0 Å². The monoisotopic (exact) mass is 420 g/mol. The van der Waals surface area contributed by atoms with Gasteiger partial charge in [-0.05, 0) is 87.0 Å². The average Bonchev–Trinajstić information content (AvgIpc) is 2.88. The molecular weight excluding hydrogens is 384 g/mol. The normalized spacial score (nSPS) is 50.4. The van der Waals surface area contributed by atoms with Crippen molar-refractivity contribution in [1.82, 2.24) is 0 Å². The molecule has 168 valence electrons. The number of hydrogen-bond acceptors (Lipinski definition) is 5. The quantitative estimate of drug-likeness (QED) is 0.477. The predicted octanol–water partition coefficient (Wildman–Crippen LogP) is 3.45. The van der Waals surface area contributed by atoms with Gasteiger partial charge < -0.3 is 20.1 Å². The van der Waals surface area contributed by atoms with E-state index >= 15 is 0 Å². The maximum atomic E-state index is 12.0. The summed E-state index contributed by atoms with van der Waals surface area (Å²) in [5.41, 5.74) is -2.93. The van der Waals surface area contributed by atoms with Crippen LogP contribution in [0.3, 0.4) is 0 Å². The molecule has 4 rings (SSSR count). The van der Waals surface area contributed by atoms with E-state index in [1.165, 1.54) is 13.0 Å². The van der Waals surface area contributed by atoms with Crippen LogP contribution in [-0.4, -0.2) is 44.6 Å². The molecule has 0 aliphatic heterocycles. The molecule has 6 heteroatoms. The zero-order valence-electron chi connectivity index (χ0n) is 18.4. The average molecular weight is 421 g/mol. The highest BCUT2D eigenvalue weighted by molar-refractivity contribution is 5.80. The van der Waals surface area contributed by atoms with Crippen LogP contribution in [0.15, 0.2) is 12.2 Å². The molecule has 30 heavy (non-hydrogen) atoms. The fraction of sp³-hybridized carbons (Fsp3) is 0.833. The molecule has 0 aromatic heterocycles. The van der Waals surface area contributed by atoms with Crippen molar-refractivity contribution in [2.75, 3.05) is 0 Å². The van der Waals surface area contributed by atoms with Gasteiger partial charge in [0.2, 0.25) is 0 Å². The van der Waals surface area contributed by atoms with Gasteiger partial charge in [0.1, 0.15) is 6.10 Å². The SMILES string of the molecule is CC(=O)OC1CC[C@@]2(C)C(CC[C@@H]3[C@@H]2CC[C@]2(C)[C@@](O)(/C=C/C(=O)O)CC[C@@]32O)C1. The highest BCUT2D eigenvalue weighted by Crippen LogP contribution is 2.70. The van der Waals surface area contributed by atoms with Gasteiger partial charge in [0.15, 0.2) is 0 Å². The lowest BCUT2D eigenvalue weighted by Gasteiger charge is -2.64. The van der Waals surface area contributed by atoms with Crippen LogP contribution in [0.1, 0.15) is 78.6 Å². The molecule has 0 saturated heterocycles. The van der Waals surface area contributed by atoms with Gasteiger partial charge in [0.25, 0.3) is 0 Å². The Hall–Kier alpha value is -1.40. The lowest BCUT2D eigenvalue weighted by Crippen LogP contribution is -2.65. The number of carbonyl (C=O) groups is 2. The smallest absolute Gasteiger partial charge is 0.328 e. The Labute approximate surface area is 178 Å². The van der Waals surface area contributed by atoms with Crippen molar-refractivity contribution in [3.63, 3.8) is 0 Å². The number of carboxylic acids is 1. The molecule has 0 radical (unpaired) electrons. The summed E-state index contributed by atoms with van der Waals surface area (Å²) in [6.07, 6.45) is 9.61. The van der Waals surface area contributed by atoms with E-state index in [0.717, 1.165) is 44.6 Å². The molecule has 4 saturated carbocycles. The van der Waals surface area contributed by atoms with Gasteiger partial charge in [0, 0.05) is 18.4 Å². The Bertz CT molecular complexity index is 763. The first-order valence-electron chi connectivity index (χ1n) is 11.5. The van der Waals surface area contributed by atoms with Gasteiger partial charge in [0.05, 0.1) is 11.2 Å². The number of hydrogen-bond donors (Lipinski definition) is 3. The number of ether oxygens (including phenoxy) is 1. The summed E-state index contributed by atoms with van der Waals surface area (Å²) < 4.78 is 5.52. The molecule has 4 aliphatic carbocycles. The second kappa shape index (κ2) is 7.06. The third-order valence-corrected chi connectivity index (χ3v) is 9.85. The van der Waals surface area contributed by atoms with Crippen molar-refractivity contribution in [3.05, 3.63) is 12.2 Å². The summed E-state index contributed by atoms with van der Waals surface area (Å²) >= 11 is 0. The van der Waals surface area contributed by atoms with E-state index in [-0.39, 0.29) is 23.4 Å². The number of carboxylic acid groups (broad SMARTS) is 1. The minimum Gasteiger partial charge on any atom is -0.478 e. The van der Waals surface area contributed by atoms with E-state index in [9.17, 15) is 19.8 Å². The Morgan fingerprint density at radius 3 is 2.37 bits per heavy atom. The minimum absolute atomic E-state index is 0.00629. The van der Waals surface area contributed by atoms with Crippen molar-refractivity contribution >= 4 is 11.9 Å².